The first kappa shape index (κ1) is 18.8. The number of ether oxygens (including phenoxy) is 2. The van der Waals surface area contributed by atoms with Crippen LogP contribution in [0.2, 0.25) is 0 Å². The van der Waals surface area contributed by atoms with E-state index >= 15 is 0 Å². The van der Waals surface area contributed by atoms with E-state index in [2.05, 4.69) is 6.58 Å². The number of aryl methyl sites for hydroxylation is 1. The number of rotatable bonds is 7. The van der Waals surface area contributed by atoms with E-state index in [1.54, 1.807) is 24.3 Å². The molecule has 0 radical (unpaired) electrons. The fourth-order valence-corrected chi connectivity index (χ4v) is 2.79. The quantitative estimate of drug-likeness (QED) is 0.458. The third-order valence-corrected chi connectivity index (χ3v) is 4.26. The van der Waals surface area contributed by atoms with Gasteiger partial charge in [0.2, 0.25) is 0 Å². The summed E-state index contributed by atoms with van der Waals surface area (Å²) in [4.78, 5) is 0. The van der Waals surface area contributed by atoms with Gasteiger partial charge in [0, 0.05) is 0 Å². The lowest BCUT2D eigenvalue weighted by molar-refractivity contribution is -0.185. The van der Waals surface area contributed by atoms with Crippen molar-refractivity contribution in [3.63, 3.8) is 0 Å². The number of halogens is 3. The van der Waals surface area contributed by atoms with Crippen LogP contribution in [0.25, 0.3) is 10.8 Å². The lowest BCUT2D eigenvalue weighted by Gasteiger charge is -2.19. The Morgan fingerprint density at radius 2 is 1.74 bits per heavy atom. The van der Waals surface area contributed by atoms with E-state index in [-0.39, 0.29) is 17.1 Å². The molecule has 0 N–H and O–H groups in total. The van der Waals surface area contributed by atoms with Gasteiger partial charge in [0.1, 0.15) is 5.75 Å². The zero-order valence-electron chi connectivity index (χ0n) is 14.8. The highest BCUT2D eigenvalue weighted by atomic mass is 19.3. The molecule has 2 nitrogen and oxygen atoms in total. The second-order valence-electron chi connectivity index (χ2n) is 6.14. The highest BCUT2D eigenvalue weighted by Crippen LogP contribution is 2.34. The van der Waals surface area contributed by atoms with Crippen molar-refractivity contribution in [1.29, 1.82) is 0 Å². The van der Waals surface area contributed by atoms with Crippen molar-refractivity contribution < 1.29 is 22.6 Å². The number of allylic oxidation sites excluding steroid dienone is 1. The lowest BCUT2D eigenvalue weighted by Crippen LogP contribution is -2.21. The van der Waals surface area contributed by atoms with Crippen LogP contribution in [0.4, 0.5) is 13.2 Å². The molecule has 0 heterocycles. The summed E-state index contributed by atoms with van der Waals surface area (Å²) in [6.07, 6.45) is -0.194. The molecule has 0 aromatic heterocycles. The second kappa shape index (κ2) is 7.74. The van der Waals surface area contributed by atoms with Gasteiger partial charge >= 0.3 is 6.11 Å². The van der Waals surface area contributed by atoms with Gasteiger partial charge in [-0.05, 0) is 65.6 Å². The van der Waals surface area contributed by atoms with Gasteiger partial charge in [-0.2, -0.15) is 8.78 Å². The summed E-state index contributed by atoms with van der Waals surface area (Å²) < 4.78 is 52.7. The molecule has 0 unspecified atom stereocenters. The fraction of sp³-hybridized carbons (Fsp3) is 0.182. The maximum absolute atomic E-state index is 14.5. The number of benzene rings is 3. The molecule has 0 aliphatic carbocycles. The second-order valence-corrected chi connectivity index (χ2v) is 6.14. The maximum Gasteiger partial charge on any atom is 0.426 e. The van der Waals surface area contributed by atoms with E-state index in [4.69, 9.17) is 9.47 Å². The Balaban J connectivity index is 1.83. The molecule has 140 valence electrons. The summed E-state index contributed by atoms with van der Waals surface area (Å²) in [5, 5.41) is 1.11. The minimum Gasteiger partial charge on any atom is -0.494 e. The van der Waals surface area contributed by atoms with Crippen molar-refractivity contribution in [2.75, 3.05) is 7.11 Å². The predicted octanol–water partition coefficient (Wildman–Crippen LogP) is 6.23. The van der Waals surface area contributed by atoms with Crippen LogP contribution in [-0.4, -0.2) is 7.11 Å². The molecule has 5 heteroatoms. The normalized spacial score (nSPS) is 11.4. The summed E-state index contributed by atoms with van der Waals surface area (Å²) in [7, 11) is 1.37. The Labute approximate surface area is 155 Å². The van der Waals surface area contributed by atoms with Gasteiger partial charge in [-0.25, -0.2) is 4.39 Å². The third-order valence-electron chi connectivity index (χ3n) is 4.26. The van der Waals surface area contributed by atoms with Gasteiger partial charge in [-0.1, -0.05) is 24.3 Å². The van der Waals surface area contributed by atoms with Crippen LogP contribution in [0.3, 0.4) is 0 Å². The third kappa shape index (κ3) is 4.25. The molecule has 0 saturated carbocycles. The lowest BCUT2D eigenvalue weighted by atomic mass is 10.1. The molecule has 0 bridgehead atoms. The van der Waals surface area contributed by atoms with Crippen LogP contribution in [0.1, 0.15) is 17.5 Å². The molecule has 3 aromatic carbocycles. The Hall–Kier alpha value is -2.95. The van der Waals surface area contributed by atoms with Crippen LogP contribution < -0.4 is 9.47 Å². The number of hydrogen-bond donors (Lipinski definition) is 0. The Kier molecular flexibility index (Phi) is 5.40. The summed E-state index contributed by atoms with van der Waals surface area (Å²) >= 11 is 0. The number of fused-ring (bicyclic) bond motifs is 1. The monoisotopic (exact) mass is 372 g/mol. The maximum atomic E-state index is 14.5. The molecular formula is C22H19F3O2. The van der Waals surface area contributed by atoms with E-state index in [1.165, 1.54) is 43.5 Å². The smallest absolute Gasteiger partial charge is 0.426 e. The Morgan fingerprint density at radius 1 is 1.00 bits per heavy atom. The highest BCUT2D eigenvalue weighted by Gasteiger charge is 2.34. The van der Waals surface area contributed by atoms with Crippen LogP contribution in [-0.2, 0) is 12.5 Å². The first-order valence-corrected chi connectivity index (χ1v) is 8.47. The molecule has 0 aliphatic heterocycles. The van der Waals surface area contributed by atoms with Crippen LogP contribution in [0.5, 0.6) is 11.5 Å². The average molecular weight is 372 g/mol. The van der Waals surface area contributed by atoms with Crippen molar-refractivity contribution in [3.8, 4) is 11.5 Å². The van der Waals surface area contributed by atoms with Gasteiger partial charge in [-0.15, -0.1) is 6.58 Å². The van der Waals surface area contributed by atoms with Gasteiger partial charge in [0.25, 0.3) is 0 Å². The van der Waals surface area contributed by atoms with Crippen LogP contribution >= 0.6 is 0 Å². The first-order chi connectivity index (χ1) is 12.9. The summed E-state index contributed by atoms with van der Waals surface area (Å²) in [5.41, 5.74) is 0.704. The first-order valence-electron chi connectivity index (χ1n) is 8.47. The topological polar surface area (TPSA) is 18.5 Å². The zero-order chi connectivity index (χ0) is 19.4. The van der Waals surface area contributed by atoms with Crippen molar-refractivity contribution >= 4 is 10.8 Å². The summed E-state index contributed by atoms with van der Waals surface area (Å²) in [5.74, 6) is -0.519. The zero-order valence-corrected chi connectivity index (χ0v) is 14.8. The molecule has 3 rings (SSSR count). The van der Waals surface area contributed by atoms with Crippen LogP contribution in [0, 0.1) is 5.82 Å². The van der Waals surface area contributed by atoms with E-state index in [0.29, 0.717) is 10.8 Å². The Bertz CT molecular complexity index is 950. The number of methoxy groups -OCH3 is 1. The SMILES string of the molecule is C=CCCc1ccc(C(F)(F)Oc2ccc3cc(OC)c(F)cc3c2)cc1. The van der Waals surface area contributed by atoms with E-state index in [0.717, 1.165) is 18.4 Å². The van der Waals surface area contributed by atoms with E-state index in [1.807, 2.05) is 0 Å². The largest absolute Gasteiger partial charge is 0.494 e. The van der Waals surface area contributed by atoms with Gasteiger partial charge in [0.05, 0.1) is 12.7 Å². The summed E-state index contributed by atoms with van der Waals surface area (Å²) in [6, 6.07) is 13.1. The molecule has 0 saturated heterocycles. The molecule has 0 atom stereocenters. The minimum atomic E-state index is -3.50. The molecule has 0 spiro atoms. The van der Waals surface area contributed by atoms with Crippen molar-refractivity contribution in [2.45, 2.75) is 19.0 Å². The van der Waals surface area contributed by atoms with Crippen molar-refractivity contribution in [2.24, 2.45) is 0 Å². The highest BCUT2D eigenvalue weighted by molar-refractivity contribution is 5.85. The molecule has 0 amide bonds. The van der Waals surface area contributed by atoms with Crippen LogP contribution in [0.15, 0.2) is 67.3 Å². The number of hydrogen-bond acceptors (Lipinski definition) is 2. The van der Waals surface area contributed by atoms with Gasteiger partial charge < -0.3 is 9.47 Å². The fourth-order valence-electron chi connectivity index (χ4n) is 2.79. The Morgan fingerprint density at radius 3 is 2.41 bits per heavy atom. The van der Waals surface area contributed by atoms with E-state index in [9.17, 15) is 13.2 Å². The minimum absolute atomic E-state index is 0.0483. The standard InChI is InChI=1S/C22H19F3O2/c1-3-4-5-15-6-9-18(10-7-15)22(24,25)27-19-11-8-16-14-21(26-2)20(23)13-17(16)12-19/h3,6-14H,1,4-5H2,2H3. The van der Waals surface area contributed by atoms with Gasteiger partial charge in [0.15, 0.2) is 11.6 Å². The van der Waals surface area contributed by atoms with Crippen molar-refractivity contribution in [1.82, 2.24) is 0 Å². The molecule has 27 heavy (non-hydrogen) atoms. The average Bonchev–Trinajstić information content (AvgIpc) is 2.65. The van der Waals surface area contributed by atoms with Crippen molar-refractivity contribution in [3.05, 3.63) is 84.2 Å². The predicted molar refractivity (Wildman–Crippen MR) is 99.9 cm³/mol. The molecule has 3 aromatic rings. The number of alkyl halides is 2. The van der Waals surface area contributed by atoms with E-state index < -0.39 is 11.9 Å². The molecular weight excluding hydrogens is 353 g/mol. The molecule has 0 aliphatic rings. The molecule has 0 fully saturated rings. The van der Waals surface area contributed by atoms with Gasteiger partial charge in [-0.3, -0.25) is 0 Å². The summed E-state index contributed by atoms with van der Waals surface area (Å²) in [6.45, 7) is 3.65.